The van der Waals surface area contributed by atoms with Gasteiger partial charge in [0.25, 0.3) is 0 Å². The van der Waals surface area contributed by atoms with Crippen LogP contribution in [0.2, 0.25) is 0 Å². The average molecular weight is 256 g/mol. The Morgan fingerprint density at radius 2 is 1.58 bits per heavy atom. The molecular weight excluding hydrogens is 228 g/mol. The molecule has 1 aliphatic rings. The number of allylic oxidation sites excluding steroid dienone is 1. The fourth-order valence-corrected chi connectivity index (χ4v) is 2.75. The maximum absolute atomic E-state index is 2.45. The van der Waals surface area contributed by atoms with Gasteiger partial charge in [0, 0.05) is 0 Å². The predicted octanol–water partition coefficient (Wildman–Crippen LogP) is 5.53. The van der Waals surface area contributed by atoms with E-state index in [-0.39, 0.29) is 10.8 Å². The Balaban J connectivity index is 2.51. The molecule has 0 spiro atoms. The first kappa shape index (κ1) is 14.4. The molecular formula is C19H28. The van der Waals surface area contributed by atoms with Crippen LogP contribution in [0.3, 0.4) is 0 Å². The largest absolute Gasteiger partial charge is 0.0613 e. The number of fused-ring (bicyclic) bond motifs is 1. The van der Waals surface area contributed by atoms with Crippen molar-refractivity contribution < 1.29 is 0 Å². The third-order valence-corrected chi connectivity index (χ3v) is 4.26. The molecule has 19 heavy (non-hydrogen) atoms. The average Bonchev–Trinajstić information content (AvgIpc) is 2.69. The monoisotopic (exact) mass is 256 g/mol. The Bertz CT molecular complexity index is 516. The standard InChI is InChI=1S/C19H28/c1-8-13-9-15(18(2,3)4)10-14-11-16(12-17(13)14)19(5,6)7/h9-10,12H,8,11H2,1-7H3. The molecule has 0 heterocycles. The van der Waals surface area contributed by atoms with Crippen molar-refractivity contribution in [1.29, 1.82) is 0 Å². The van der Waals surface area contributed by atoms with E-state index in [9.17, 15) is 0 Å². The molecule has 0 amide bonds. The summed E-state index contributed by atoms with van der Waals surface area (Å²) in [6, 6.07) is 4.85. The van der Waals surface area contributed by atoms with Crippen molar-refractivity contribution >= 4 is 6.08 Å². The summed E-state index contributed by atoms with van der Waals surface area (Å²) in [5, 5.41) is 0. The van der Waals surface area contributed by atoms with Crippen molar-refractivity contribution in [1.82, 2.24) is 0 Å². The van der Waals surface area contributed by atoms with Gasteiger partial charge in [-0.25, -0.2) is 0 Å². The second-order valence-corrected chi connectivity index (χ2v) is 7.91. The molecule has 0 radical (unpaired) electrons. The molecule has 1 aromatic carbocycles. The molecule has 0 nitrogen and oxygen atoms in total. The molecule has 1 aliphatic carbocycles. The second kappa shape index (κ2) is 4.51. The van der Waals surface area contributed by atoms with Gasteiger partial charge in [0.15, 0.2) is 0 Å². The van der Waals surface area contributed by atoms with Crippen LogP contribution in [-0.4, -0.2) is 0 Å². The van der Waals surface area contributed by atoms with Gasteiger partial charge in [0.1, 0.15) is 0 Å². The molecule has 0 bridgehead atoms. The lowest BCUT2D eigenvalue weighted by atomic mass is 9.83. The lowest BCUT2D eigenvalue weighted by Gasteiger charge is -2.22. The first-order valence-corrected chi connectivity index (χ1v) is 7.50. The Labute approximate surface area is 118 Å². The van der Waals surface area contributed by atoms with Crippen molar-refractivity contribution in [3.8, 4) is 0 Å². The first-order chi connectivity index (χ1) is 8.63. The predicted molar refractivity (Wildman–Crippen MR) is 85.7 cm³/mol. The molecule has 0 aromatic heterocycles. The fraction of sp³-hybridized carbons (Fsp3) is 0.579. The zero-order valence-corrected chi connectivity index (χ0v) is 13.6. The van der Waals surface area contributed by atoms with Crippen LogP contribution in [0.25, 0.3) is 6.08 Å². The molecule has 1 aromatic rings. The highest BCUT2D eigenvalue weighted by molar-refractivity contribution is 5.68. The van der Waals surface area contributed by atoms with Gasteiger partial charge in [-0.3, -0.25) is 0 Å². The number of hydrogen-bond donors (Lipinski definition) is 0. The van der Waals surface area contributed by atoms with Gasteiger partial charge in [0.05, 0.1) is 0 Å². The van der Waals surface area contributed by atoms with Crippen LogP contribution >= 0.6 is 0 Å². The zero-order valence-electron chi connectivity index (χ0n) is 13.6. The highest BCUT2D eigenvalue weighted by atomic mass is 14.3. The van der Waals surface area contributed by atoms with E-state index in [2.05, 4.69) is 66.7 Å². The van der Waals surface area contributed by atoms with E-state index in [1.165, 1.54) is 22.3 Å². The van der Waals surface area contributed by atoms with Gasteiger partial charge in [-0.1, -0.05) is 72.2 Å². The van der Waals surface area contributed by atoms with Gasteiger partial charge in [-0.05, 0) is 45.9 Å². The van der Waals surface area contributed by atoms with Crippen LogP contribution in [0, 0.1) is 5.41 Å². The number of rotatable bonds is 1. The molecule has 0 saturated carbocycles. The summed E-state index contributed by atoms with van der Waals surface area (Å²) >= 11 is 0. The summed E-state index contributed by atoms with van der Waals surface area (Å²) in [5.74, 6) is 0. The van der Waals surface area contributed by atoms with E-state index in [4.69, 9.17) is 0 Å². The summed E-state index contributed by atoms with van der Waals surface area (Å²) in [6.07, 6.45) is 4.70. The SMILES string of the molecule is CCc1cc(C(C)(C)C)cc2c1C=C(C(C)(C)C)C2. The molecule has 2 rings (SSSR count). The van der Waals surface area contributed by atoms with E-state index in [0.29, 0.717) is 0 Å². The second-order valence-electron chi connectivity index (χ2n) is 7.91. The summed E-state index contributed by atoms with van der Waals surface area (Å²) < 4.78 is 0. The van der Waals surface area contributed by atoms with Crippen molar-refractivity contribution in [2.24, 2.45) is 5.41 Å². The topological polar surface area (TPSA) is 0 Å². The maximum Gasteiger partial charge on any atom is -0.00524 e. The van der Waals surface area contributed by atoms with Crippen LogP contribution in [0.4, 0.5) is 0 Å². The molecule has 0 unspecified atom stereocenters. The lowest BCUT2D eigenvalue weighted by molar-refractivity contribution is 0.498. The third-order valence-electron chi connectivity index (χ3n) is 4.26. The Hall–Kier alpha value is -1.04. The molecule has 0 saturated heterocycles. The minimum atomic E-state index is 0.240. The molecule has 0 heteroatoms. The smallest absolute Gasteiger partial charge is 0.00524 e. The van der Waals surface area contributed by atoms with E-state index >= 15 is 0 Å². The summed E-state index contributed by atoms with van der Waals surface area (Å²) in [6.45, 7) is 16.2. The number of benzene rings is 1. The number of hydrogen-bond acceptors (Lipinski definition) is 0. The maximum atomic E-state index is 2.45. The minimum absolute atomic E-state index is 0.240. The Kier molecular flexibility index (Phi) is 3.41. The van der Waals surface area contributed by atoms with Crippen LogP contribution in [0.1, 0.15) is 70.7 Å². The lowest BCUT2D eigenvalue weighted by Crippen LogP contribution is -2.13. The van der Waals surface area contributed by atoms with Gasteiger partial charge in [-0.15, -0.1) is 0 Å². The van der Waals surface area contributed by atoms with Crippen molar-refractivity contribution in [2.45, 2.75) is 66.7 Å². The van der Waals surface area contributed by atoms with Crippen LogP contribution < -0.4 is 0 Å². The fourth-order valence-electron chi connectivity index (χ4n) is 2.75. The minimum Gasteiger partial charge on any atom is -0.0613 e. The quantitative estimate of drug-likeness (QED) is 0.619. The van der Waals surface area contributed by atoms with E-state index in [1.54, 1.807) is 5.57 Å². The molecule has 0 fully saturated rings. The van der Waals surface area contributed by atoms with Crippen LogP contribution in [0.5, 0.6) is 0 Å². The molecule has 0 N–H and O–H groups in total. The van der Waals surface area contributed by atoms with Crippen molar-refractivity contribution in [2.75, 3.05) is 0 Å². The van der Waals surface area contributed by atoms with E-state index < -0.39 is 0 Å². The third kappa shape index (κ3) is 2.78. The number of aryl methyl sites for hydroxylation is 1. The van der Waals surface area contributed by atoms with Crippen molar-refractivity contribution in [3.05, 3.63) is 40.0 Å². The molecule has 0 aliphatic heterocycles. The van der Waals surface area contributed by atoms with Crippen LogP contribution in [0.15, 0.2) is 17.7 Å². The Morgan fingerprint density at radius 3 is 2.05 bits per heavy atom. The van der Waals surface area contributed by atoms with Crippen LogP contribution in [-0.2, 0) is 18.3 Å². The van der Waals surface area contributed by atoms with Gasteiger partial charge in [0.2, 0.25) is 0 Å². The summed E-state index contributed by atoms with van der Waals surface area (Å²) in [4.78, 5) is 0. The summed E-state index contributed by atoms with van der Waals surface area (Å²) in [5.41, 5.74) is 8.13. The van der Waals surface area contributed by atoms with Crippen molar-refractivity contribution in [3.63, 3.8) is 0 Å². The van der Waals surface area contributed by atoms with E-state index in [0.717, 1.165) is 12.8 Å². The van der Waals surface area contributed by atoms with Gasteiger partial charge in [-0.2, -0.15) is 0 Å². The summed E-state index contributed by atoms with van der Waals surface area (Å²) in [7, 11) is 0. The normalized spacial score (nSPS) is 15.4. The van der Waals surface area contributed by atoms with E-state index in [1.807, 2.05) is 0 Å². The zero-order chi connectivity index (χ0) is 14.4. The highest BCUT2D eigenvalue weighted by Gasteiger charge is 2.26. The first-order valence-electron chi connectivity index (χ1n) is 7.50. The molecule has 0 atom stereocenters. The highest BCUT2D eigenvalue weighted by Crippen LogP contribution is 2.39. The molecule has 104 valence electrons. The Morgan fingerprint density at radius 1 is 0.947 bits per heavy atom. The van der Waals surface area contributed by atoms with Gasteiger partial charge >= 0.3 is 0 Å². The van der Waals surface area contributed by atoms with Gasteiger partial charge < -0.3 is 0 Å².